The predicted molar refractivity (Wildman–Crippen MR) is 372 cm³/mol. The van der Waals surface area contributed by atoms with E-state index in [0.29, 0.717) is 0 Å². The molecule has 0 radical (unpaired) electrons. The van der Waals surface area contributed by atoms with Crippen LogP contribution < -0.4 is 9.80 Å². The van der Waals surface area contributed by atoms with Crippen molar-refractivity contribution < 1.29 is 0 Å². The van der Waals surface area contributed by atoms with Gasteiger partial charge in [0, 0.05) is 67.4 Å². The lowest BCUT2D eigenvalue weighted by Gasteiger charge is -2.26. The van der Waals surface area contributed by atoms with E-state index in [4.69, 9.17) is 0 Å². The summed E-state index contributed by atoms with van der Waals surface area (Å²) in [4.78, 5) is 4.70. The molecule has 88 heavy (non-hydrogen) atoms. The molecule has 16 aromatic rings. The molecule has 14 aromatic carbocycles. The van der Waals surface area contributed by atoms with Crippen molar-refractivity contribution >= 4 is 77.5 Å². The summed E-state index contributed by atoms with van der Waals surface area (Å²) in [7, 11) is 0. The van der Waals surface area contributed by atoms with Crippen LogP contribution in [0.1, 0.15) is 0 Å². The second-order valence-corrected chi connectivity index (χ2v) is 22.5. The van der Waals surface area contributed by atoms with Crippen molar-refractivity contribution in [2.45, 2.75) is 0 Å². The van der Waals surface area contributed by atoms with E-state index in [1.54, 1.807) is 0 Å². The summed E-state index contributed by atoms with van der Waals surface area (Å²) in [6.45, 7) is 0. The van der Waals surface area contributed by atoms with Gasteiger partial charge in [0.2, 0.25) is 0 Å². The number of benzene rings is 14. The van der Waals surface area contributed by atoms with E-state index in [9.17, 15) is 0 Å². The summed E-state index contributed by atoms with van der Waals surface area (Å²) < 4.78 is 4.94. The van der Waals surface area contributed by atoms with E-state index >= 15 is 0 Å². The molecular formula is C84H58N4. The molecular weight excluding hydrogens is 1060 g/mol. The Hall–Kier alpha value is -11.7. The molecule has 4 heteroatoms. The summed E-state index contributed by atoms with van der Waals surface area (Å²) in [6.07, 6.45) is 0. The van der Waals surface area contributed by atoms with Crippen LogP contribution in [-0.4, -0.2) is 9.13 Å². The Balaban J connectivity index is 0.864. The van der Waals surface area contributed by atoms with Crippen molar-refractivity contribution in [3.63, 3.8) is 0 Å². The highest BCUT2D eigenvalue weighted by atomic mass is 15.1. The van der Waals surface area contributed by atoms with E-state index in [1.807, 2.05) is 0 Å². The average Bonchev–Trinajstić information content (AvgIpc) is 1.74. The highest BCUT2D eigenvalue weighted by Gasteiger charge is 2.26. The van der Waals surface area contributed by atoms with Gasteiger partial charge in [0.15, 0.2) is 0 Å². The molecule has 0 spiro atoms. The molecule has 0 fully saturated rings. The van der Waals surface area contributed by atoms with Gasteiger partial charge >= 0.3 is 0 Å². The number of para-hydroxylation sites is 2. The summed E-state index contributed by atoms with van der Waals surface area (Å²) in [5.41, 5.74) is 22.5. The van der Waals surface area contributed by atoms with Crippen molar-refractivity contribution in [1.82, 2.24) is 9.13 Å². The van der Waals surface area contributed by atoms with Crippen molar-refractivity contribution in [3.05, 3.63) is 352 Å². The summed E-state index contributed by atoms with van der Waals surface area (Å²) in [6, 6.07) is 128. The SMILES string of the molecule is c1ccc(-c2c(-c3ccccc3)n(-c3ccc(N(c4ccccc4)c4ccc5ccccc5c4)cc3)c3ccc(-c4ccc5c(c4)c(-c4ccccc4)c(-c4ccccc4)n5-c4ccc(N(c5ccccc5)c5ccc6ccccc6c5)cc4)cc23)cc1. The van der Waals surface area contributed by atoms with Crippen molar-refractivity contribution in [2.24, 2.45) is 0 Å². The molecule has 2 heterocycles. The Morgan fingerprint density at radius 3 is 0.852 bits per heavy atom. The number of rotatable bonds is 13. The Bertz CT molecular complexity index is 4830. The number of fused-ring (bicyclic) bond motifs is 4. The van der Waals surface area contributed by atoms with Gasteiger partial charge < -0.3 is 18.9 Å². The molecule has 414 valence electrons. The molecule has 0 unspecified atom stereocenters. The first kappa shape index (κ1) is 51.9. The standard InChI is InChI=1S/C84H58N4/c1-7-25-61(26-8-1)81-77-57-67(41-53-79(77)87(83(81)63-29-11-3-12-30-63)73-49-45-71(46-50-73)85(69-35-15-5-16-36-69)75-43-39-59-23-19-21-33-65(59)55-75)68-42-54-80-78(58-68)82(62-27-9-2-10-28-62)84(64-31-13-4-14-32-64)88(80)74-51-47-72(48-52-74)86(70-37-17-6-18-38-70)76-44-40-60-24-20-22-34-66(60)56-76/h1-58H. The third-order valence-corrected chi connectivity index (χ3v) is 17.2. The van der Waals surface area contributed by atoms with Gasteiger partial charge in [-0.25, -0.2) is 0 Å². The van der Waals surface area contributed by atoms with Crippen LogP contribution in [0, 0.1) is 0 Å². The number of anilines is 6. The summed E-state index contributed by atoms with van der Waals surface area (Å²) >= 11 is 0. The van der Waals surface area contributed by atoms with E-state index in [2.05, 4.69) is 371 Å². The van der Waals surface area contributed by atoms with E-state index in [0.717, 1.165) is 101 Å². The van der Waals surface area contributed by atoms with Gasteiger partial charge in [-0.15, -0.1) is 0 Å². The predicted octanol–water partition coefficient (Wildman–Crippen LogP) is 23.2. The normalized spacial score (nSPS) is 11.4. The Labute approximate surface area is 512 Å². The zero-order valence-corrected chi connectivity index (χ0v) is 48.3. The van der Waals surface area contributed by atoms with Crippen LogP contribution in [0.2, 0.25) is 0 Å². The second-order valence-electron chi connectivity index (χ2n) is 22.5. The molecule has 2 aromatic heterocycles. The fraction of sp³-hybridized carbons (Fsp3) is 0. The van der Waals surface area contributed by atoms with Crippen LogP contribution in [0.5, 0.6) is 0 Å². The van der Waals surface area contributed by atoms with Gasteiger partial charge in [0.25, 0.3) is 0 Å². The van der Waals surface area contributed by atoms with Crippen LogP contribution in [0.25, 0.3) is 111 Å². The van der Waals surface area contributed by atoms with Crippen LogP contribution >= 0.6 is 0 Å². The van der Waals surface area contributed by atoms with E-state index in [-0.39, 0.29) is 0 Å². The van der Waals surface area contributed by atoms with Gasteiger partial charge in [-0.1, -0.05) is 231 Å². The summed E-state index contributed by atoms with van der Waals surface area (Å²) in [5, 5.41) is 7.19. The minimum absolute atomic E-state index is 1.08. The largest absolute Gasteiger partial charge is 0.310 e. The topological polar surface area (TPSA) is 16.3 Å². The first-order chi connectivity index (χ1) is 43.7. The van der Waals surface area contributed by atoms with E-state index < -0.39 is 0 Å². The fourth-order valence-corrected chi connectivity index (χ4v) is 13.2. The maximum Gasteiger partial charge on any atom is 0.0619 e. The zero-order valence-electron chi connectivity index (χ0n) is 48.3. The molecule has 0 bridgehead atoms. The molecule has 0 N–H and O–H groups in total. The quantitative estimate of drug-likeness (QED) is 0.114. The van der Waals surface area contributed by atoms with Gasteiger partial charge in [-0.2, -0.15) is 0 Å². The third kappa shape index (κ3) is 9.37. The smallest absolute Gasteiger partial charge is 0.0619 e. The molecule has 0 aliphatic carbocycles. The third-order valence-electron chi connectivity index (χ3n) is 17.2. The maximum absolute atomic E-state index is 2.47. The lowest BCUT2D eigenvalue weighted by atomic mass is 9.94. The molecule has 0 saturated carbocycles. The van der Waals surface area contributed by atoms with Crippen LogP contribution in [0.15, 0.2) is 352 Å². The highest BCUT2D eigenvalue weighted by molar-refractivity contribution is 6.10. The highest BCUT2D eigenvalue weighted by Crippen LogP contribution is 2.48. The first-order valence-electron chi connectivity index (χ1n) is 30.1. The molecule has 0 atom stereocenters. The summed E-state index contributed by atoms with van der Waals surface area (Å²) in [5.74, 6) is 0. The molecule has 0 saturated heterocycles. The molecule has 0 aliphatic rings. The van der Waals surface area contributed by atoms with Gasteiger partial charge in [-0.05, 0) is 176 Å². The number of hydrogen-bond donors (Lipinski definition) is 0. The lowest BCUT2D eigenvalue weighted by molar-refractivity contribution is 1.13. The Morgan fingerprint density at radius 1 is 0.193 bits per heavy atom. The molecule has 0 amide bonds. The van der Waals surface area contributed by atoms with Crippen LogP contribution in [-0.2, 0) is 0 Å². The lowest BCUT2D eigenvalue weighted by Crippen LogP contribution is -2.10. The van der Waals surface area contributed by atoms with Gasteiger partial charge in [0.05, 0.1) is 22.4 Å². The van der Waals surface area contributed by atoms with Crippen molar-refractivity contribution in [3.8, 4) is 67.3 Å². The maximum atomic E-state index is 2.47. The van der Waals surface area contributed by atoms with E-state index in [1.165, 1.54) is 43.4 Å². The molecule has 0 aliphatic heterocycles. The Morgan fingerprint density at radius 2 is 0.489 bits per heavy atom. The minimum Gasteiger partial charge on any atom is -0.310 e. The molecule has 16 rings (SSSR count). The number of hydrogen-bond acceptors (Lipinski definition) is 2. The Kier molecular flexibility index (Phi) is 13.2. The van der Waals surface area contributed by atoms with Crippen molar-refractivity contribution in [1.29, 1.82) is 0 Å². The average molecular weight is 1120 g/mol. The fourth-order valence-electron chi connectivity index (χ4n) is 13.2. The monoisotopic (exact) mass is 1120 g/mol. The second kappa shape index (κ2) is 22.4. The number of nitrogens with zero attached hydrogens (tertiary/aromatic N) is 4. The van der Waals surface area contributed by atoms with Crippen molar-refractivity contribution in [2.75, 3.05) is 9.80 Å². The zero-order chi connectivity index (χ0) is 58.3. The van der Waals surface area contributed by atoms with Crippen LogP contribution in [0.3, 0.4) is 0 Å². The minimum atomic E-state index is 1.08. The molecule has 4 nitrogen and oxygen atoms in total. The van der Waals surface area contributed by atoms with Crippen LogP contribution in [0.4, 0.5) is 34.1 Å². The number of aromatic nitrogens is 2. The first-order valence-corrected chi connectivity index (χ1v) is 30.1. The van der Waals surface area contributed by atoms with Gasteiger partial charge in [-0.3, -0.25) is 0 Å². The van der Waals surface area contributed by atoms with Gasteiger partial charge in [0.1, 0.15) is 0 Å².